The highest BCUT2D eigenvalue weighted by molar-refractivity contribution is 7.22. The van der Waals surface area contributed by atoms with Gasteiger partial charge in [-0.2, -0.15) is 0 Å². The molecule has 1 unspecified atom stereocenters. The highest BCUT2D eigenvalue weighted by Crippen LogP contribution is 2.37. The Labute approximate surface area is 219 Å². The van der Waals surface area contributed by atoms with Crippen LogP contribution < -0.4 is 16.4 Å². The van der Waals surface area contributed by atoms with Crippen molar-refractivity contribution >= 4 is 56.8 Å². The third-order valence-corrected chi connectivity index (χ3v) is 6.19. The van der Waals surface area contributed by atoms with Crippen LogP contribution in [0.5, 0.6) is 0 Å². The number of benzene rings is 1. The van der Waals surface area contributed by atoms with Gasteiger partial charge < -0.3 is 15.8 Å². The zero-order chi connectivity index (χ0) is 27.2. The molecule has 10 nitrogen and oxygen atoms in total. The molecule has 2 amide bonds. The van der Waals surface area contributed by atoms with Gasteiger partial charge in [-0.05, 0) is 76.7 Å². The number of carbonyl (C=O) groups excluding carboxylic acids is 2. The van der Waals surface area contributed by atoms with Crippen LogP contribution in [0.1, 0.15) is 40.2 Å². The van der Waals surface area contributed by atoms with Crippen LogP contribution >= 0.6 is 11.3 Å². The molecule has 0 saturated heterocycles. The molecule has 4 N–H and O–H groups in total. The highest BCUT2D eigenvalue weighted by Gasteiger charge is 2.27. The molecule has 194 valence electrons. The Balaban J connectivity index is 2.00. The molecule has 0 aliphatic rings. The lowest BCUT2D eigenvalue weighted by atomic mass is 10.0. The summed E-state index contributed by atoms with van der Waals surface area (Å²) in [6.45, 7) is 12.6. The number of aliphatic imine (C=N–C) groups is 2. The number of nitrogens with zero attached hydrogens (tertiary/aromatic N) is 4. The van der Waals surface area contributed by atoms with E-state index in [4.69, 9.17) is 10.5 Å². The van der Waals surface area contributed by atoms with Gasteiger partial charge in [0.05, 0.1) is 15.9 Å². The fraction of sp³-hybridized carbons (Fsp3) is 0.308. The van der Waals surface area contributed by atoms with Crippen LogP contribution in [-0.4, -0.2) is 52.7 Å². The van der Waals surface area contributed by atoms with E-state index in [0.717, 1.165) is 27.1 Å². The van der Waals surface area contributed by atoms with Crippen molar-refractivity contribution in [1.82, 2.24) is 15.3 Å². The fourth-order valence-electron chi connectivity index (χ4n) is 3.21. The van der Waals surface area contributed by atoms with Gasteiger partial charge in [-0.15, -0.1) is 0 Å². The number of carbonyl (C=O) groups is 2. The molecular weight excluding hydrogens is 490 g/mol. The number of hydrogen-bond acceptors (Lipinski definition) is 8. The molecule has 0 aliphatic heterocycles. The van der Waals surface area contributed by atoms with Crippen LogP contribution in [0, 0.1) is 0 Å². The maximum atomic E-state index is 12.1. The van der Waals surface area contributed by atoms with Crippen LogP contribution in [-0.2, 0) is 9.53 Å². The van der Waals surface area contributed by atoms with Crippen LogP contribution in [0.15, 0.2) is 52.7 Å². The molecule has 1 aromatic carbocycles. The molecule has 2 heterocycles. The molecule has 0 fully saturated rings. The minimum atomic E-state index is -1.14. The van der Waals surface area contributed by atoms with Crippen LogP contribution in [0.2, 0.25) is 0 Å². The van der Waals surface area contributed by atoms with E-state index in [-0.39, 0.29) is 11.9 Å². The molecule has 37 heavy (non-hydrogen) atoms. The lowest BCUT2D eigenvalue weighted by Gasteiger charge is -2.20. The summed E-state index contributed by atoms with van der Waals surface area (Å²) in [6.07, 6.45) is 2.62. The second-order valence-corrected chi connectivity index (χ2v) is 9.82. The minimum Gasteiger partial charge on any atom is -0.453 e. The topological polar surface area (TPSA) is 144 Å². The summed E-state index contributed by atoms with van der Waals surface area (Å²) in [4.78, 5) is 41.6. The number of amidine groups is 1. The van der Waals surface area contributed by atoms with Gasteiger partial charge in [-0.25, -0.2) is 19.8 Å². The number of nitrogens with two attached hydrogens (primary N) is 1. The Bertz CT molecular complexity index is 1360. The number of anilines is 1. The Morgan fingerprint density at radius 2 is 2.08 bits per heavy atom. The first-order valence-electron chi connectivity index (χ1n) is 11.7. The van der Waals surface area contributed by atoms with Gasteiger partial charge in [0.2, 0.25) is 0 Å². The molecule has 1 atom stereocenters. The van der Waals surface area contributed by atoms with Gasteiger partial charge in [0.15, 0.2) is 17.1 Å². The van der Waals surface area contributed by atoms with Crippen LogP contribution in [0.4, 0.5) is 9.93 Å². The van der Waals surface area contributed by atoms with E-state index in [1.165, 1.54) is 11.3 Å². The predicted octanol–water partition coefficient (Wildman–Crippen LogP) is 4.63. The van der Waals surface area contributed by atoms with Crippen molar-refractivity contribution in [2.75, 3.05) is 11.9 Å². The maximum Gasteiger partial charge on any atom is 0.326 e. The lowest BCUT2D eigenvalue weighted by molar-refractivity contribution is -0.150. The minimum absolute atomic E-state index is 0.241. The average molecular weight is 522 g/mol. The van der Waals surface area contributed by atoms with Gasteiger partial charge in [0.25, 0.3) is 0 Å². The number of nitrogens with one attached hydrogen (secondary N) is 2. The normalized spacial score (nSPS) is 13.2. The number of hydrogen-bond donors (Lipinski definition) is 3. The number of thiazole rings is 1. The summed E-state index contributed by atoms with van der Waals surface area (Å²) in [5, 5.41) is 5.96. The van der Waals surface area contributed by atoms with Crippen molar-refractivity contribution in [3.63, 3.8) is 0 Å². The van der Waals surface area contributed by atoms with Crippen molar-refractivity contribution in [2.45, 2.75) is 46.3 Å². The molecular formula is C26H31N7O3S. The van der Waals surface area contributed by atoms with E-state index >= 15 is 0 Å². The van der Waals surface area contributed by atoms with Crippen molar-refractivity contribution < 1.29 is 14.3 Å². The van der Waals surface area contributed by atoms with Gasteiger partial charge in [0.1, 0.15) is 5.54 Å². The van der Waals surface area contributed by atoms with E-state index in [9.17, 15) is 9.59 Å². The molecule has 0 bridgehead atoms. The first-order chi connectivity index (χ1) is 17.5. The number of fused-ring (bicyclic) bond motifs is 1. The summed E-state index contributed by atoms with van der Waals surface area (Å²) in [5.74, 6) is -0.326. The standard InChI is InChI=1S/C26H31N7O3S/c1-7-29-24(35)33-25-32-20-13-17(12-18(21(20)37-25)19-10-8-9-11-30-19)15(2)14-31-22(28-6)16(3)36-23(34)26(4,5)27/h8-14,16H,6-7,27H2,1-5H3,(H2,29,32,33,35)/b15-14+,31-22?. The molecule has 0 spiro atoms. The Hall–Kier alpha value is -3.96. The maximum absolute atomic E-state index is 12.1. The van der Waals surface area contributed by atoms with Crippen LogP contribution in [0.3, 0.4) is 0 Å². The Morgan fingerprint density at radius 1 is 1.32 bits per heavy atom. The molecule has 3 aromatic rings. The smallest absolute Gasteiger partial charge is 0.326 e. The SMILES string of the molecule is C=NC(=N/C=C(\C)c1cc(-c2ccccn2)c2sc(NC(=O)NCC)nc2c1)C(C)OC(=O)C(C)(C)N. The van der Waals surface area contributed by atoms with Crippen molar-refractivity contribution in [2.24, 2.45) is 15.7 Å². The number of esters is 1. The average Bonchev–Trinajstić information content (AvgIpc) is 3.25. The third-order valence-electron chi connectivity index (χ3n) is 5.17. The zero-order valence-electron chi connectivity index (χ0n) is 21.5. The quantitative estimate of drug-likeness (QED) is 0.224. The number of pyridine rings is 1. The molecule has 11 heteroatoms. The number of rotatable bonds is 8. The van der Waals surface area contributed by atoms with Gasteiger partial charge in [0, 0.05) is 24.5 Å². The van der Waals surface area contributed by atoms with Crippen molar-refractivity contribution in [1.29, 1.82) is 0 Å². The van der Waals surface area contributed by atoms with E-state index in [2.05, 4.69) is 37.3 Å². The summed E-state index contributed by atoms with van der Waals surface area (Å²) in [7, 11) is 0. The van der Waals surface area contributed by atoms with Crippen LogP contribution in [0.25, 0.3) is 27.0 Å². The molecule has 2 aromatic heterocycles. The second-order valence-electron chi connectivity index (χ2n) is 8.82. The molecule has 3 rings (SSSR count). The fourth-order valence-corrected chi connectivity index (χ4v) is 4.17. The monoisotopic (exact) mass is 521 g/mol. The summed E-state index contributed by atoms with van der Waals surface area (Å²) >= 11 is 1.37. The Kier molecular flexibility index (Phi) is 8.85. The predicted molar refractivity (Wildman–Crippen MR) is 150 cm³/mol. The van der Waals surface area contributed by atoms with Crippen molar-refractivity contribution in [3.8, 4) is 11.3 Å². The summed E-state index contributed by atoms with van der Waals surface area (Å²) in [5.41, 5.74) is 8.69. The highest BCUT2D eigenvalue weighted by atomic mass is 32.1. The van der Waals surface area contributed by atoms with Gasteiger partial charge in [-0.3, -0.25) is 15.1 Å². The number of aromatic nitrogens is 2. The number of urea groups is 1. The van der Waals surface area contributed by atoms with Gasteiger partial charge in [-0.1, -0.05) is 17.4 Å². The lowest BCUT2D eigenvalue weighted by Crippen LogP contribution is -2.44. The number of allylic oxidation sites excluding steroid dienone is 1. The first kappa shape index (κ1) is 27.6. The second kappa shape index (κ2) is 11.8. The van der Waals surface area contributed by atoms with E-state index in [1.54, 1.807) is 33.2 Å². The molecule has 0 saturated carbocycles. The number of ether oxygens (including phenoxy) is 1. The molecule has 0 aliphatic carbocycles. The first-order valence-corrected chi connectivity index (χ1v) is 12.5. The summed E-state index contributed by atoms with van der Waals surface area (Å²) < 4.78 is 6.27. The number of amides is 2. The van der Waals surface area contributed by atoms with E-state index in [1.807, 2.05) is 44.2 Å². The zero-order valence-corrected chi connectivity index (χ0v) is 22.3. The van der Waals surface area contributed by atoms with E-state index < -0.39 is 17.6 Å². The van der Waals surface area contributed by atoms with E-state index in [0.29, 0.717) is 17.2 Å². The summed E-state index contributed by atoms with van der Waals surface area (Å²) in [6, 6.07) is 9.29. The van der Waals surface area contributed by atoms with Crippen molar-refractivity contribution in [3.05, 3.63) is 48.3 Å². The third kappa shape index (κ3) is 7.05. The largest absolute Gasteiger partial charge is 0.453 e. The molecule has 0 radical (unpaired) electrons. The Morgan fingerprint density at radius 3 is 2.70 bits per heavy atom. The van der Waals surface area contributed by atoms with Gasteiger partial charge >= 0.3 is 12.0 Å².